The van der Waals surface area contributed by atoms with E-state index >= 15 is 0 Å². The molecule has 0 rings (SSSR count). The molecule has 0 unspecified atom stereocenters. The van der Waals surface area contributed by atoms with Crippen molar-refractivity contribution in [1.82, 2.24) is 0 Å². The first-order valence-corrected chi connectivity index (χ1v) is 6.94. The van der Waals surface area contributed by atoms with Gasteiger partial charge in [-0.25, -0.2) is 0 Å². The molecule has 0 radical (unpaired) electrons. The molecule has 0 N–H and O–H groups in total. The van der Waals surface area contributed by atoms with Crippen LogP contribution in [0.4, 0.5) is 0 Å². The van der Waals surface area contributed by atoms with Crippen LogP contribution in [0.1, 0.15) is 71.1 Å². The minimum atomic E-state index is 0.913. The summed E-state index contributed by atoms with van der Waals surface area (Å²) in [6.45, 7) is 3.19. The Bertz CT molecular complexity index is 84.3. The molecular formula is C12H26OSe. The van der Waals surface area contributed by atoms with Crippen molar-refractivity contribution in [2.75, 3.05) is 6.61 Å². The van der Waals surface area contributed by atoms with Gasteiger partial charge in [0.25, 0.3) is 0 Å². The summed E-state index contributed by atoms with van der Waals surface area (Å²) in [6.07, 6.45) is 13.9. The number of hydrogen-bond acceptors (Lipinski definition) is 1. The van der Waals surface area contributed by atoms with Gasteiger partial charge in [-0.15, -0.1) is 0 Å². The average Bonchev–Trinajstić information content (AvgIpc) is 2.21. The van der Waals surface area contributed by atoms with Crippen molar-refractivity contribution in [2.45, 2.75) is 71.1 Å². The molecule has 1 nitrogen and oxygen atoms in total. The van der Waals surface area contributed by atoms with Gasteiger partial charge >= 0.3 is 91.0 Å². The van der Waals surface area contributed by atoms with Crippen molar-refractivity contribution >= 4 is 16.3 Å². The minimum absolute atomic E-state index is 0.913. The molecule has 0 aliphatic carbocycles. The van der Waals surface area contributed by atoms with E-state index in [0.29, 0.717) is 0 Å². The van der Waals surface area contributed by atoms with Crippen LogP contribution in [0.3, 0.4) is 0 Å². The maximum atomic E-state index is 4.95. The fourth-order valence-corrected chi connectivity index (χ4v) is 1.92. The second-order valence-electron chi connectivity index (χ2n) is 4.02. The van der Waals surface area contributed by atoms with Crippen molar-refractivity contribution in [3.05, 3.63) is 0 Å². The van der Waals surface area contributed by atoms with Gasteiger partial charge in [0.2, 0.25) is 0 Å². The van der Waals surface area contributed by atoms with Crippen LogP contribution in [0.25, 0.3) is 0 Å². The molecule has 0 spiro atoms. The Hall–Kier alpha value is 0.479. The molecule has 0 amide bonds. The SMILES string of the molecule is CCCCCCCCCCCCO[SeH]. The molecular weight excluding hydrogens is 239 g/mol. The van der Waals surface area contributed by atoms with Crippen molar-refractivity contribution in [3.63, 3.8) is 0 Å². The van der Waals surface area contributed by atoms with E-state index in [1.165, 1.54) is 64.2 Å². The molecule has 0 saturated heterocycles. The Morgan fingerprint density at radius 2 is 1.14 bits per heavy atom. The summed E-state index contributed by atoms with van der Waals surface area (Å²) in [4.78, 5) is 0. The van der Waals surface area contributed by atoms with E-state index in [1.54, 1.807) is 0 Å². The molecule has 86 valence electrons. The van der Waals surface area contributed by atoms with E-state index in [4.69, 9.17) is 3.82 Å². The van der Waals surface area contributed by atoms with Gasteiger partial charge in [-0.3, -0.25) is 0 Å². The summed E-state index contributed by atoms with van der Waals surface area (Å²) in [5.41, 5.74) is 0. The molecule has 0 fully saturated rings. The average molecular weight is 265 g/mol. The first kappa shape index (κ1) is 14.5. The van der Waals surface area contributed by atoms with Crippen molar-refractivity contribution in [3.8, 4) is 0 Å². The van der Waals surface area contributed by atoms with Gasteiger partial charge < -0.3 is 0 Å². The van der Waals surface area contributed by atoms with Gasteiger partial charge in [-0.2, -0.15) is 0 Å². The second kappa shape index (κ2) is 13.5. The summed E-state index contributed by atoms with van der Waals surface area (Å²) in [5.74, 6) is 0. The van der Waals surface area contributed by atoms with Crippen molar-refractivity contribution < 1.29 is 3.82 Å². The van der Waals surface area contributed by atoms with Gasteiger partial charge in [0, 0.05) is 0 Å². The van der Waals surface area contributed by atoms with E-state index < -0.39 is 0 Å². The fraction of sp³-hybridized carbons (Fsp3) is 1.00. The third kappa shape index (κ3) is 12.5. The standard InChI is InChI=1S/C12H26OSe/c1-2-3-4-5-6-7-8-9-10-11-12-13-14/h14H,2-12H2,1H3. The summed E-state index contributed by atoms with van der Waals surface area (Å²) in [5, 5.41) is 0. The molecule has 14 heavy (non-hydrogen) atoms. The zero-order chi connectivity index (χ0) is 10.5. The molecule has 0 saturated carbocycles. The fourth-order valence-electron chi connectivity index (χ4n) is 1.65. The zero-order valence-corrected chi connectivity index (χ0v) is 11.5. The topological polar surface area (TPSA) is 9.23 Å². The van der Waals surface area contributed by atoms with Gasteiger partial charge in [0.15, 0.2) is 0 Å². The molecule has 0 atom stereocenters. The zero-order valence-electron chi connectivity index (χ0n) is 9.63. The van der Waals surface area contributed by atoms with Crippen LogP contribution < -0.4 is 0 Å². The van der Waals surface area contributed by atoms with Crippen LogP contribution in [0.2, 0.25) is 0 Å². The van der Waals surface area contributed by atoms with Crippen LogP contribution in [0.15, 0.2) is 0 Å². The van der Waals surface area contributed by atoms with E-state index in [-0.39, 0.29) is 0 Å². The summed E-state index contributed by atoms with van der Waals surface area (Å²) >= 11 is 2.18. The Labute approximate surface area is 98.1 Å². The van der Waals surface area contributed by atoms with Crippen LogP contribution in [0.5, 0.6) is 0 Å². The second-order valence-corrected chi connectivity index (χ2v) is 4.56. The summed E-state index contributed by atoms with van der Waals surface area (Å²) in [6, 6.07) is 0. The molecule has 0 aliphatic rings. The van der Waals surface area contributed by atoms with Crippen LogP contribution in [0, 0.1) is 0 Å². The number of rotatable bonds is 11. The Morgan fingerprint density at radius 3 is 1.57 bits per heavy atom. The third-order valence-corrected chi connectivity index (χ3v) is 2.97. The van der Waals surface area contributed by atoms with Gasteiger partial charge in [0.05, 0.1) is 0 Å². The Morgan fingerprint density at radius 1 is 0.714 bits per heavy atom. The predicted octanol–water partition coefficient (Wildman–Crippen LogP) is 3.74. The van der Waals surface area contributed by atoms with Crippen molar-refractivity contribution in [1.29, 1.82) is 0 Å². The van der Waals surface area contributed by atoms with E-state index in [9.17, 15) is 0 Å². The van der Waals surface area contributed by atoms with Gasteiger partial charge in [-0.1, -0.05) is 6.92 Å². The molecule has 0 bridgehead atoms. The van der Waals surface area contributed by atoms with Crippen LogP contribution in [-0.4, -0.2) is 22.9 Å². The van der Waals surface area contributed by atoms with Crippen LogP contribution in [-0.2, 0) is 3.82 Å². The summed E-state index contributed by atoms with van der Waals surface area (Å²) < 4.78 is 4.95. The van der Waals surface area contributed by atoms with Crippen molar-refractivity contribution in [2.24, 2.45) is 0 Å². The first-order valence-electron chi connectivity index (χ1n) is 6.18. The third-order valence-electron chi connectivity index (χ3n) is 2.59. The Balaban J connectivity index is 2.78. The van der Waals surface area contributed by atoms with E-state index in [1.807, 2.05) is 0 Å². The predicted molar refractivity (Wildman–Crippen MR) is 64.9 cm³/mol. The quantitative estimate of drug-likeness (QED) is 0.408. The molecule has 2 heteroatoms. The number of unbranched alkanes of at least 4 members (excludes halogenated alkanes) is 9. The maximum absolute atomic E-state index is 4.95. The molecule has 0 heterocycles. The van der Waals surface area contributed by atoms with Gasteiger partial charge in [0.1, 0.15) is 0 Å². The molecule has 0 aromatic carbocycles. The van der Waals surface area contributed by atoms with Crippen LogP contribution >= 0.6 is 0 Å². The summed E-state index contributed by atoms with van der Waals surface area (Å²) in [7, 11) is 0. The molecule has 0 aliphatic heterocycles. The number of hydrogen-bond donors (Lipinski definition) is 0. The van der Waals surface area contributed by atoms with E-state index in [0.717, 1.165) is 6.61 Å². The normalized spacial score (nSPS) is 10.7. The first-order chi connectivity index (χ1) is 6.91. The molecule has 0 aromatic heterocycles. The van der Waals surface area contributed by atoms with Gasteiger partial charge in [-0.05, 0) is 0 Å². The van der Waals surface area contributed by atoms with E-state index in [2.05, 4.69) is 23.3 Å². The Kier molecular flexibility index (Phi) is 13.9. The monoisotopic (exact) mass is 266 g/mol. The molecule has 0 aromatic rings.